The van der Waals surface area contributed by atoms with Crippen molar-refractivity contribution in [2.45, 2.75) is 46.0 Å². The van der Waals surface area contributed by atoms with E-state index in [0.717, 1.165) is 12.2 Å². The van der Waals surface area contributed by atoms with Gasteiger partial charge in [-0.05, 0) is 31.5 Å². The Hall–Kier alpha value is -1.71. The van der Waals surface area contributed by atoms with Gasteiger partial charge in [0.25, 0.3) is 0 Å². The van der Waals surface area contributed by atoms with E-state index in [2.05, 4.69) is 6.92 Å². The smallest absolute Gasteiger partial charge is 0.161 e. The molecule has 0 radical (unpaired) electrons. The average molecular weight is 278 g/mol. The van der Waals surface area contributed by atoms with E-state index in [-0.39, 0.29) is 5.84 Å². The van der Waals surface area contributed by atoms with Gasteiger partial charge >= 0.3 is 0 Å². The molecule has 0 heterocycles. The standard InChI is InChI=1S/C16H26N2O2/c1-3-5-6-7-8-11-20-14-10-9-13(16(17)18)12-15(14)19-4-2/h9-10,12H,3-8,11H2,1-2H3,(H3,17,18). The lowest BCUT2D eigenvalue weighted by Crippen LogP contribution is -2.11. The molecule has 0 spiro atoms. The third-order valence-electron chi connectivity index (χ3n) is 3.06. The monoisotopic (exact) mass is 278 g/mol. The molecule has 1 aromatic carbocycles. The van der Waals surface area contributed by atoms with Gasteiger partial charge in [-0.15, -0.1) is 0 Å². The van der Waals surface area contributed by atoms with Gasteiger partial charge in [0.05, 0.1) is 13.2 Å². The molecule has 0 fully saturated rings. The molecular formula is C16H26N2O2. The van der Waals surface area contributed by atoms with Crippen LogP contribution in [0.25, 0.3) is 0 Å². The molecular weight excluding hydrogens is 252 g/mol. The van der Waals surface area contributed by atoms with Crippen molar-refractivity contribution >= 4 is 5.84 Å². The van der Waals surface area contributed by atoms with Crippen LogP contribution in [0.4, 0.5) is 0 Å². The summed E-state index contributed by atoms with van der Waals surface area (Å²) in [6.07, 6.45) is 6.06. The number of hydrogen-bond donors (Lipinski definition) is 2. The Morgan fingerprint density at radius 1 is 1.05 bits per heavy atom. The molecule has 112 valence electrons. The molecule has 0 unspecified atom stereocenters. The van der Waals surface area contributed by atoms with Gasteiger partial charge in [-0.3, -0.25) is 5.41 Å². The molecule has 20 heavy (non-hydrogen) atoms. The first-order chi connectivity index (χ1) is 9.69. The number of benzene rings is 1. The lowest BCUT2D eigenvalue weighted by molar-refractivity contribution is 0.270. The Morgan fingerprint density at radius 3 is 2.45 bits per heavy atom. The molecule has 0 saturated carbocycles. The van der Waals surface area contributed by atoms with Crippen molar-refractivity contribution in [1.82, 2.24) is 0 Å². The van der Waals surface area contributed by atoms with E-state index in [9.17, 15) is 0 Å². The predicted octanol–water partition coefficient (Wildman–Crippen LogP) is 3.72. The highest BCUT2D eigenvalue weighted by Gasteiger charge is 2.07. The van der Waals surface area contributed by atoms with Crippen molar-refractivity contribution in [1.29, 1.82) is 5.41 Å². The first kappa shape index (κ1) is 16.3. The summed E-state index contributed by atoms with van der Waals surface area (Å²) < 4.78 is 11.3. The van der Waals surface area contributed by atoms with Crippen LogP contribution in [-0.4, -0.2) is 19.0 Å². The first-order valence-corrected chi connectivity index (χ1v) is 7.43. The second-order valence-corrected chi connectivity index (χ2v) is 4.77. The van der Waals surface area contributed by atoms with Crippen LogP contribution in [0, 0.1) is 5.41 Å². The van der Waals surface area contributed by atoms with E-state index >= 15 is 0 Å². The summed E-state index contributed by atoms with van der Waals surface area (Å²) in [7, 11) is 0. The SMILES string of the molecule is CCCCCCCOc1ccc(C(=N)N)cc1OCC. The third kappa shape index (κ3) is 5.51. The largest absolute Gasteiger partial charge is 0.490 e. The lowest BCUT2D eigenvalue weighted by atomic mass is 10.1. The molecule has 1 aromatic rings. The summed E-state index contributed by atoms with van der Waals surface area (Å²) in [6.45, 7) is 5.40. The Morgan fingerprint density at radius 2 is 1.80 bits per heavy atom. The quantitative estimate of drug-likeness (QED) is 0.389. The van der Waals surface area contributed by atoms with Crippen molar-refractivity contribution in [3.05, 3.63) is 23.8 Å². The lowest BCUT2D eigenvalue weighted by Gasteiger charge is -2.13. The van der Waals surface area contributed by atoms with Gasteiger partial charge in [-0.25, -0.2) is 0 Å². The molecule has 0 amide bonds. The van der Waals surface area contributed by atoms with Crippen molar-refractivity contribution in [3.8, 4) is 11.5 Å². The van der Waals surface area contributed by atoms with Crippen LogP contribution in [0.3, 0.4) is 0 Å². The highest BCUT2D eigenvalue weighted by molar-refractivity contribution is 5.95. The molecule has 0 aliphatic heterocycles. The van der Waals surface area contributed by atoms with Gasteiger partial charge in [-0.1, -0.05) is 32.6 Å². The number of unbranched alkanes of at least 4 members (excludes halogenated alkanes) is 4. The van der Waals surface area contributed by atoms with Crippen LogP contribution in [-0.2, 0) is 0 Å². The Labute approximate surface area is 121 Å². The topological polar surface area (TPSA) is 68.3 Å². The summed E-state index contributed by atoms with van der Waals surface area (Å²) in [4.78, 5) is 0. The zero-order valence-corrected chi connectivity index (χ0v) is 12.6. The molecule has 0 saturated heterocycles. The summed E-state index contributed by atoms with van der Waals surface area (Å²) in [6, 6.07) is 5.38. The van der Waals surface area contributed by atoms with E-state index in [4.69, 9.17) is 20.6 Å². The van der Waals surface area contributed by atoms with Gasteiger partial charge < -0.3 is 15.2 Å². The van der Waals surface area contributed by atoms with Gasteiger partial charge in [-0.2, -0.15) is 0 Å². The van der Waals surface area contributed by atoms with E-state index < -0.39 is 0 Å². The van der Waals surface area contributed by atoms with Crippen LogP contribution in [0.1, 0.15) is 51.5 Å². The summed E-state index contributed by atoms with van der Waals surface area (Å²) in [5.41, 5.74) is 6.14. The number of rotatable bonds is 10. The zero-order valence-electron chi connectivity index (χ0n) is 12.6. The number of hydrogen-bond acceptors (Lipinski definition) is 3. The Bertz CT molecular complexity index is 419. The molecule has 1 rings (SSSR count). The fraction of sp³-hybridized carbons (Fsp3) is 0.562. The highest BCUT2D eigenvalue weighted by atomic mass is 16.5. The van der Waals surface area contributed by atoms with Gasteiger partial charge in [0.1, 0.15) is 5.84 Å². The van der Waals surface area contributed by atoms with Gasteiger partial charge in [0.2, 0.25) is 0 Å². The van der Waals surface area contributed by atoms with Gasteiger partial charge in [0.15, 0.2) is 11.5 Å². The van der Waals surface area contributed by atoms with Crippen molar-refractivity contribution in [2.75, 3.05) is 13.2 Å². The first-order valence-electron chi connectivity index (χ1n) is 7.43. The number of nitrogen functional groups attached to an aromatic ring is 1. The van der Waals surface area contributed by atoms with Crippen molar-refractivity contribution in [3.63, 3.8) is 0 Å². The zero-order chi connectivity index (χ0) is 14.8. The molecule has 4 nitrogen and oxygen atoms in total. The number of amidine groups is 1. The molecule has 4 heteroatoms. The minimum atomic E-state index is 0.0390. The summed E-state index contributed by atoms with van der Waals surface area (Å²) in [5.74, 6) is 1.43. The van der Waals surface area contributed by atoms with E-state index in [1.807, 2.05) is 13.0 Å². The summed E-state index contributed by atoms with van der Waals surface area (Å²) in [5, 5.41) is 7.45. The van der Waals surface area contributed by atoms with Crippen molar-refractivity contribution in [2.24, 2.45) is 5.73 Å². The third-order valence-corrected chi connectivity index (χ3v) is 3.06. The van der Waals surface area contributed by atoms with Crippen LogP contribution < -0.4 is 15.2 Å². The van der Waals surface area contributed by atoms with Crippen molar-refractivity contribution < 1.29 is 9.47 Å². The minimum absolute atomic E-state index is 0.0390. The maximum absolute atomic E-state index is 7.45. The normalized spacial score (nSPS) is 10.3. The van der Waals surface area contributed by atoms with Crippen LogP contribution >= 0.6 is 0 Å². The molecule has 0 atom stereocenters. The molecule has 3 N–H and O–H groups in total. The number of ether oxygens (including phenoxy) is 2. The van der Waals surface area contributed by atoms with E-state index in [0.29, 0.717) is 24.5 Å². The number of nitrogens with one attached hydrogen (secondary N) is 1. The van der Waals surface area contributed by atoms with E-state index in [1.54, 1.807) is 12.1 Å². The Balaban J connectivity index is 2.53. The maximum Gasteiger partial charge on any atom is 0.161 e. The van der Waals surface area contributed by atoms with Crippen LogP contribution in [0.2, 0.25) is 0 Å². The Kier molecular flexibility index (Phi) is 7.55. The molecule has 0 aliphatic rings. The average Bonchev–Trinajstić information content (AvgIpc) is 2.44. The van der Waals surface area contributed by atoms with Crippen LogP contribution in [0.5, 0.6) is 11.5 Å². The second-order valence-electron chi connectivity index (χ2n) is 4.77. The predicted molar refractivity (Wildman–Crippen MR) is 82.9 cm³/mol. The fourth-order valence-electron chi connectivity index (χ4n) is 1.95. The minimum Gasteiger partial charge on any atom is -0.490 e. The molecule has 0 aromatic heterocycles. The van der Waals surface area contributed by atoms with Gasteiger partial charge in [0, 0.05) is 5.56 Å². The van der Waals surface area contributed by atoms with Crippen LogP contribution in [0.15, 0.2) is 18.2 Å². The van der Waals surface area contributed by atoms with E-state index in [1.165, 1.54) is 25.7 Å². The molecule has 0 aliphatic carbocycles. The highest BCUT2D eigenvalue weighted by Crippen LogP contribution is 2.28. The maximum atomic E-state index is 7.45. The second kappa shape index (κ2) is 9.23. The number of nitrogens with two attached hydrogens (primary N) is 1. The fourth-order valence-corrected chi connectivity index (χ4v) is 1.95. The summed E-state index contributed by atoms with van der Waals surface area (Å²) >= 11 is 0. The molecule has 0 bridgehead atoms.